The summed E-state index contributed by atoms with van der Waals surface area (Å²) in [5.74, 6) is -1.56. The molecule has 138 valence electrons. The van der Waals surface area contributed by atoms with Crippen molar-refractivity contribution in [2.75, 3.05) is 5.43 Å². The minimum atomic E-state index is -1.26. The van der Waals surface area contributed by atoms with Crippen LogP contribution in [0.3, 0.4) is 0 Å². The number of nitrogens with zero attached hydrogens (tertiary/aromatic N) is 2. The van der Waals surface area contributed by atoms with Gasteiger partial charge in [0.2, 0.25) is 0 Å². The zero-order valence-corrected chi connectivity index (χ0v) is 15.0. The number of benzene rings is 3. The molecule has 0 fully saturated rings. The second kappa shape index (κ2) is 8.06. The first-order valence-corrected chi connectivity index (χ1v) is 8.46. The maximum Gasteiger partial charge on any atom is 0.356 e. The molecule has 3 aromatic rings. The van der Waals surface area contributed by atoms with E-state index in [0.717, 1.165) is 5.56 Å². The Bertz CT molecular complexity index is 1080. The van der Waals surface area contributed by atoms with Crippen molar-refractivity contribution >= 4 is 17.4 Å². The standard InChI is InChI=1S/C22H17N3O3/c1-14-7-9-15(10-8-14)18-11-16(12-20(26)19(18)13-23)21(22(27)28)25-24-17-5-3-2-4-6-17/h2-12,24,26H,1H3,(H,27,28)/b25-21+. The van der Waals surface area contributed by atoms with Crippen LogP contribution in [0, 0.1) is 18.3 Å². The number of carbonyl (C=O) groups is 1. The molecular weight excluding hydrogens is 354 g/mol. The van der Waals surface area contributed by atoms with Crippen LogP contribution < -0.4 is 5.43 Å². The Hall–Kier alpha value is -4.11. The number of phenolic OH excluding ortho intramolecular Hbond substituents is 1. The maximum absolute atomic E-state index is 11.8. The average molecular weight is 371 g/mol. The summed E-state index contributed by atoms with van der Waals surface area (Å²) in [6.07, 6.45) is 0. The molecule has 0 radical (unpaired) electrons. The number of nitriles is 1. The van der Waals surface area contributed by atoms with Crippen LogP contribution in [0.15, 0.2) is 71.8 Å². The van der Waals surface area contributed by atoms with Gasteiger partial charge in [-0.15, -0.1) is 0 Å². The van der Waals surface area contributed by atoms with Crippen LogP contribution in [-0.2, 0) is 4.79 Å². The lowest BCUT2D eigenvalue weighted by Gasteiger charge is -2.11. The van der Waals surface area contributed by atoms with E-state index in [-0.39, 0.29) is 22.6 Å². The molecule has 0 heterocycles. The predicted octanol–water partition coefficient (Wildman–Crippen LogP) is 4.14. The van der Waals surface area contributed by atoms with E-state index in [1.807, 2.05) is 43.3 Å². The van der Waals surface area contributed by atoms with Crippen molar-refractivity contribution in [1.82, 2.24) is 0 Å². The average Bonchev–Trinajstić information content (AvgIpc) is 2.69. The van der Waals surface area contributed by atoms with E-state index in [4.69, 9.17) is 0 Å². The molecule has 6 nitrogen and oxygen atoms in total. The molecule has 6 heteroatoms. The molecule has 0 aliphatic heterocycles. The smallest absolute Gasteiger partial charge is 0.356 e. The first-order chi connectivity index (χ1) is 13.5. The first kappa shape index (κ1) is 18.7. The van der Waals surface area contributed by atoms with E-state index in [1.54, 1.807) is 30.3 Å². The van der Waals surface area contributed by atoms with E-state index < -0.39 is 5.97 Å². The molecule has 0 unspecified atom stereocenters. The second-order valence-electron chi connectivity index (χ2n) is 6.14. The van der Waals surface area contributed by atoms with E-state index in [1.165, 1.54) is 6.07 Å². The molecule has 0 amide bonds. The molecular formula is C22H17N3O3. The Morgan fingerprint density at radius 3 is 2.36 bits per heavy atom. The van der Waals surface area contributed by atoms with Crippen molar-refractivity contribution < 1.29 is 15.0 Å². The number of nitrogens with one attached hydrogen (secondary N) is 1. The van der Waals surface area contributed by atoms with Gasteiger partial charge in [0.15, 0.2) is 5.71 Å². The molecule has 0 aromatic heterocycles. The molecule has 0 saturated carbocycles. The number of hydrogen-bond donors (Lipinski definition) is 3. The molecule has 0 aliphatic carbocycles. The summed E-state index contributed by atoms with van der Waals surface area (Å²) in [5.41, 5.74) is 5.48. The molecule has 0 atom stereocenters. The van der Waals surface area contributed by atoms with Crippen LogP contribution in [0.1, 0.15) is 16.7 Å². The van der Waals surface area contributed by atoms with Crippen LogP contribution in [0.5, 0.6) is 5.75 Å². The summed E-state index contributed by atoms with van der Waals surface area (Å²) in [5, 5.41) is 33.3. The Morgan fingerprint density at radius 2 is 1.75 bits per heavy atom. The number of para-hydroxylation sites is 1. The third kappa shape index (κ3) is 4.00. The second-order valence-corrected chi connectivity index (χ2v) is 6.14. The van der Waals surface area contributed by atoms with Crippen LogP contribution in [-0.4, -0.2) is 21.9 Å². The lowest BCUT2D eigenvalue weighted by molar-refractivity contribution is -0.129. The molecule has 0 bridgehead atoms. The first-order valence-electron chi connectivity index (χ1n) is 8.46. The summed E-state index contributed by atoms with van der Waals surface area (Å²) in [7, 11) is 0. The SMILES string of the molecule is Cc1ccc(-c2cc(/C(=N\Nc3ccccc3)C(=O)O)cc(O)c2C#N)cc1. The number of aryl methyl sites for hydroxylation is 1. The number of phenols is 1. The lowest BCUT2D eigenvalue weighted by atomic mass is 9.95. The van der Waals surface area contributed by atoms with Gasteiger partial charge in [0.1, 0.15) is 17.4 Å². The normalized spacial score (nSPS) is 10.9. The van der Waals surface area contributed by atoms with Gasteiger partial charge in [0.05, 0.1) is 5.69 Å². The zero-order valence-electron chi connectivity index (χ0n) is 15.0. The van der Waals surface area contributed by atoms with Gasteiger partial charge in [-0.1, -0.05) is 48.0 Å². The van der Waals surface area contributed by atoms with Gasteiger partial charge in [0.25, 0.3) is 0 Å². The van der Waals surface area contributed by atoms with E-state index >= 15 is 0 Å². The summed E-state index contributed by atoms with van der Waals surface area (Å²) < 4.78 is 0. The van der Waals surface area contributed by atoms with Crippen molar-refractivity contribution in [3.63, 3.8) is 0 Å². The molecule has 3 aromatic carbocycles. The third-order valence-corrected chi connectivity index (χ3v) is 4.14. The molecule has 3 rings (SSSR count). The Balaban J connectivity index is 2.10. The number of carboxylic acid groups (broad SMARTS) is 1. The van der Waals surface area contributed by atoms with Crippen molar-refractivity contribution in [2.45, 2.75) is 6.92 Å². The van der Waals surface area contributed by atoms with Crippen molar-refractivity contribution in [1.29, 1.82) is 5.26 Å². The largest absolute Gasteiger partial charge is 0.507 e. The van der Waals surface area contributed by atoms with Crippen LogP contribution >= 0.6 is 0 Å². The monoisotopic (exact) mass is 371 g/mol. The highest BCUT2D eigenvalue weighted by Gasteiger charge is 2.19. The maximum atomic E-state index is 11.8. The summed E-state index contributed by atoms with van der Waals surface area (Å²) in [4.78, 5) is 11.8. The molecule has 28 heavy (non-hydrogen) atoms. The fourth-order valence-corrected chi connectivity index (χ4v) is 2.71. The minimum absolute atomic E-state index is 0.0772. The van der Waals surface area contributed by atoms with E-state index in [0.29, 0.717) is 16.8 Å². The van der Waals surface area contributed by atoms with Crippen molar-refractivity contribution in [3.8, 4) is 22.9 Å². The molecule has 3 N–H and O–H groups in total. The Kier molecular flexibility index (Phi) is 5.38. The summed E-state index contributed by atoms with van der Waals surface area (Å²) in [6.45, 7) is 1.94. The van der Waals surface area contributed by atoms with Gasteiger partial charge in [-0.2, -0.15) is 10.4 Å². The van der Waals surface area contributed by atoms with Crippen molar-refractivity contribution in [3.05, 3.63) is 83.4 Å². The van der Waals surface area contributed by atoms with Gasteiger partial charge < -0.3 is 10.2 Å². The number of hydrogen-bond acceptors (Lipinski definition) is 5. The van der Waals surface area contributed by atoms with Gasteiger partial charge in [-0.25, -0.2) is 4.79 Å². The zero-order chi connectivity index (χ0) is 20.1. The van der Waals surface area contributed by atoms with Gasteiger partial charge in [-0.05, 0) is 36.8 Å². The number of aromatic hydroxyl groups is 1. The lowest BCUT2D eigenvalue weighted by Crippen LogP contribution is -2.16. The molecule has 0 aliphatic rings. The quantitative estimate of drug-likeness (QED) is 0.462. The number of aliphatic carboxylic acids is 1. The van der Waals surface area contributed by atoms with Gasteiger partial charge >= 0.3 is 5.97 Å². The van der Waals surface area contributed by atoms with E-state index in [9.17, 15) is 20.3 Å². The Morgan fingerprint density at radius 1 is 1.07 bits per heavy atom. The van der Waals surface area contributed by atoms with Crippen LogP contribution in [0.25, 0.3) is 11.1 Å². The number of rotatable bonds is 5. The summed E-state index contributed by atoms with van der Waals surface area (Å²) in [6, 6.07) is 21.1. The van der Waals surface area contributed by atoms with Gasteiger partial charge in [-0.3, -0.25) is 5.43 Å². The number of carboxylic acids is 1. The highest BCUT2D eigenvalue weighted by atomic mass is 16.4. The van der Waals surface area contributed by atoms with Gasteiger partial charge in [0, 0.05) is 11.1 Å². The van der Waals surface area contributed by atoms with Crippen LogP contribution in [0.4, 0.5) is 5.69 Å². The molecule has 0 saturated heterocycles. The fourth-order valence-electron chi connectivity index (χ4n) is 2.71. The topological polar surface area (TPSA) is 106 Å². The third-order valence-electron chi connectivity index (χ3n) is 4.14. The minimum Gasteiger partial charge on any atom is -0.507 e. The number of hydrazone groups is 1. The highest BCUT2D eigenvalue weighted by molar-refractivity contribution is 6.42. The van der Waals surface area contributed by atoms with Crippen molar-refractivity contribution in [2.24, 2.45) is 5.10 Å². The predicted molar refractivity (Wildman–Crippen MR) is 107 cm³/mol. The molecule has 0 spiro atoms. The van der Waals surface area contributed by atoms with E-state index in [2.05, 4.69) is 10.5 Å². The van der Waals surface area contributed by atoms with Crippen LogP contribution in [0.2, 0.25) is 0 Å². The summed E-state index contributed by atoms with van der Waals surface area (Å²) >= 11 is 0. The fraction of sp³-hybridized carbons (Fsp3) is 0.0455. The highest BCUT2D eigenvalue weighted by Crippen LogP contribution is 2.32. The number of anilines is 1. The Labute approximate surface area is 162 Å².